The molecule has 2 N–H and O–H groups in total. The van der Waals surface area contributed by atoms with E-state index in [0.29, 0.717) is 19.7 Å². The van der Waals surface area contributed by atoms with Gasteiger partial charge < -0.3 is 10.5 Å². The minimum atomic E-state index is 0.410. The highest BCUT2D eigenvalue weighted by molar-refractivity contribution is 9.10. The lowest BCUT2D eigenvalue weighted by molar-refractivity contribution is 0.289. The first kappa shape index (κ1) is 12.1. The van der Waals surface area contributed by atoms with Crippen LogP contribution in [0.25, 0.3) is 0 Å². The van der Waals surface area contributed by atoms with Crippen LogP contribution in [-0.4, -0.2) is 21.6 Å². The van der Waals surface area contributed by atoms with Gasteiger partial charge in [0.05, 0.1) is 12.2 Å². The fourth-order valence-corrected chi connectivity index (χ4v) is 1.59. The first-order valence-corrected chi connectivity index (χ1v) is 6.04. The van der Waals surface area contributed by atoms with Crippen molar-refractivity contribution >= 4 is 15.9 Å². The number of hydrogen-bond donors (Lipinski definition) is 1. The first-order chi connectivity index (χ1) is 8.28. The zero-order valence-corrected chi connectivity index (χ0v) is 10.8. The van der Waals surface area contributed by atoms with E-state index in [9.17, 15) is 0 Å². The number of nitrogens with zero attached hydrogens (tertiary/aromatic N) is 3. The number of benzene rings is 1. The zero-order valence-electron chi connectivity index (χ0n) is 9.21. The van der Waals surface area contributed by atoms with E-state index in [2.05, 4.69) is 26.2 Å². The summed E-state index contributed by atoms with van der Waals surface area (Å²) in [6.45, 7) is 1.62. The number of rotatable bonds is 5. The molecule has 0 amide bonds. The maximum Gasteiger partial charge on any atom is 0.119 e. The van der Waals surface area contributed by atoms with Crippen LogP contribution >= 0.6 is 15.9 Å². The number of hydrogen-bond acceptors (Lipinski definition) is 4. The van der Waals surface area contributed by atoms with Gasteiger partial charge in [-0.05, 0) is 24.3 Å². The molecule has 2 rings (SSSR count). The Balaban J connectivity index is 1.81. The maximum atomic E-state index is 5.57. The third-order valence-corrected chi connectivity index (χ3v) is 2.73. The molecule has 5 nitrogen and oxygen atoms in total. The predicted octanol–water partition coefficient (Wildman–Crippen LogP) is 1.58. The van der Waals surface area contributed by atoms with Crippen LogP contribution in [0.2, 0.25) is 0 Å². The van der Waals surface area contributed by atoms with Gasteiger partial charge in [0, 0.05) is 17.2 Å². The predicted molar refractivity (Wildman–Crippen MR) is 67.6 cm³/mol. The van der Waals surface area contributed by atoms with Crippen molar-refractivity contribution in [3.63, 3.8) is 0 Å². The molecule has 1 aromatic heterocycles. The fourth-order valence-electron chi connectivity index (χ4n) is 1.33. The largest absolute Gasteiger partial charge is 0.492 e. The van der Waals surface area contributed by atoms with Crippen LogP contribution in [0.15, 0.2) is 34.9 Å². The van der Waals surface area contributed by atoms with Crippen molar-refractivity contribution in [2.24, 2.45) is 5.73 Å². The highest BCUT2D eigenvalue weighted by atomic mass is 79.9. The number of nitrogens with two attached hydrogens (primary N) is 1. The molecule has 6 heteroatoms. The molecule has 0 fully saturated rings. The summed E-state index contributed by atoms with van der Waals surface area (Å²) in [5, 5.41) is 7.83. The second-order valence-electron chi connectivity index (χ2n) is 3.48. The van der Waals surface area contributed by atoms with E-state index >= 15 is 0 Å². The molecule has 2 aromatic rings. The number of halogens is 1. The average molecular weight is 297 g/mol. The van der Waals surface area contributed by atoms with Gasteiger partial charge in [-0.25, -0.2) is 4.68 Å². The van der Waals surface area contributed by atoms with Crippen molar-refractivity contribution in [2.45, 2.75) is 13.1 Å². The number of aromatic nitrogens is 3. The van der Waals surface area contributed by atoms with E-state index in [1.807, 2.05) is 30.5 Å². The quantitative estimate of drug-likeness (QED) is 0.910. The standard InChI is InChI=1S/C11H13BrN4O/c12-9-1-3-11(4-2-9)17-6-5-16-8-10(7-13)14-15-16/h1-4,8H,5-7,13H2. The summed E-state index contributed by atoms with van der Waals surface area (Å²) >= 11 is 3.37. The Morgan fingerprint density at radius 3 is 2.71 bits per heavy atom. The first-order valence-electron chi connectivity index (χ1n) is 5.25. The van der Waals surface area contributed by atoms with Gasteiger partial charge in [-0.3, -0.25) is 0 Å². The molecule has 0 aliphatic rings. The van der Waals surface area contributed by atoms with Gasteiger partial charge in [0.1, 0.15) is 12.4 Å². The van der Waals surface area contributed by atoms with Crippen molar-refractivity contribution in [3.05, 3.63) is 40.6 Å². The van der Waals surface area contributed by atoms with Crippen molar-refractivity contribution < 1.29 is 4.74 Å². The van der Waals surface area contributed by atoms with Gasteiger partial charge in [0.2, 0.25) is 0 Å². The molecular formula is C11H13BrN4O. The lowest BCUT2D eigenvalue weighted by Gasteiger charge is -2.05. The van der Waals surface area contributed by atoms with Gasteiger partial charge in [0.25, 0.3) is 0 Å². The van der Waals surface area contributed by atoms with Crippen LogP contribution in [0.5, 0.6) is 5.75 Å². The second-order valence-corrected chi connectivity index (χ2v) is 4.40. The zero-order chi connectivity index (χ0) is 12.1. The van der Waals surface area contributed by atoms with E-state index in [1.54, 1.807) is 4.68 Å². The molecule has 0 bridgehead atoms. The van der Waals surface area contributed by atoms with E-state index in [1.165, 1.54) is 0 Å². The molecule has 0 saturated heterocycles. The van der Waals surface area contributed by atoms with Gasteiger partial charge in [-0.15, -0.1) is 5.10 Å². The summed E-state index contributed by atoms with van der Waals surface area (Å²) in [4.78, 5) is 0. The Labute approximate surface area is 108 Å². The smallest absolute Gasteiger partial charge is 0.119 e. The van der Waals surface area contributed by atoms with E-state index in [0.717, 1.165) is 15.9 Å². The molecule has 0 saturated carbocycles. The summed E-state index contributed by atoms with van der Waals surface area (Å²) in [6.07, 6.45) is 1.82. The summed E-state index contributed by atoms with van der Waals surface area (Å²) < 4.78 is 8.33. The maximum absolute atomic E-state index is 5.57. The molecule has 0 aliphatic carbocycles. The van der Waals surface area contributed by atoms with Crippen molar-refractivity contribution in [1.82, 2.24) is 15.0 Å². The van der Waals surface area contributed by atoms with Gasteiger partial charge in [-0.2, -0.15) is 0 Å². The summed E-state index contributed by atoms with van der Waals surface area (Å²) in [5.41, 5.74) is 6.23. The minimum absolute atomic E-state index is 0.410. The lowest BCUT2D eigenvalue weighted by Crippen LogP contribution is -2.08. The van der Waals surface area contributed by atoms with Crippen LogP contribution in [0.3, 0.4) is 0 Å². The van der Waals surface area contributed by atoms with Crippen LogP contribution in [-0.2, 0) is 13.1 Å². The van der Waals surface area contributed by atoms with E-state index in [4.69, 9.17) is 10.5 Å². The molecule has 1 heterocycles. The SMILES string of the molecule is NCc1cn(CCOc2ccc(Br)cc2)nn1. The van der Waals surface area contributed by atoms with E-state index in [-0.39, 0.29) is 0 Å². The highest BCUT2D eigenvalue weighted by Gasteiger charge is 1.99. The second kappa shape index (κ2) is 5.79. The van der Waals surface area contributed by atoms with Crippen molar-refractivity contribution in [3.8, 4) is 5.75 Å². The summed E-state index contributed by atoms with van der Waals surface area (Å²) in [6, 6.07) is 7.71. The van der Waals surface area contributed by atoms with Gasteiger partial charge in [0.15, 0.2) is 0 Å². The Morgan fingerprint density at radius 1 is 1.29 bits per heavy atom. The van der Waals surface area contributed by atoms with Crippen molar-refractivity contribution in [2.75, 3.05) is 6.61 Å². The third kappa shape index (κ3) is 3.54. The van der Waals surface area contributed by atoms with Crippen LogP contribution in [0.1, 0.15) is 5.69 Å². The van der Waals surface area contributed by atoms with Gasteiger partial charge in [-0.1, -0.05) is 21.1 Å². The molecule has 17 heavy (non-hydrogen) atoms. The molecule has 0 spiro atoms. The molecule has 0 atom stereocenters. The summed E-state index contributed by atoms with van der Waals surface area (Å²) in [5.74, 6) is 0.840. The fraction of sp³-hybridized carbons (Fsp3) is 0.273. The average Bonchev–Trinajstić information content (AvgIpc) is 2.80. The lowest BCUT2D eigenvalue weighted by atomic mass is 10.3. The van der Waals surface area contributed by atoms with Crippen molar-refractivity contribution in [1.29, 1.82) is 0 Å². The molecular weight excluding hydrogens is 284 g/mol. The molecule has 0 radical (unpaired) electrons. The van der Waals surface area contributed by atoms with Crippen LogP contribution < -0.4 is 10.5 Å². The highest BCUT2D eigenvalue weighted by Crippen LogP contribution is 2.15. The Hall–Kier alpha value is -1.40. The molecule has 1 aromatic carbocycles. The number of ether oxygens (including phenoxy) is 1. The third-order valence-electron chi connectivity index (χ3n) is 2.20. The van der Waals surface area contributed by atoms with E-state index < -0.39 is 0 Å². The molecule has 0 unspecified atom stereocenters. The molecule has 90 valence electrons. The van der Waals surface area contributed by atoms with Crippen LogP contribution in [0.4, 0.5) is 0 Å². The normalized spacial score (nSPS) is 10.5. The Morgan fingerprint density at radius 2 is 2.06 bits per heavy atom. The van der Waals surface area contributed by atoms with Crippen LogP contribution in [0, 0.1) is 0 Å². The van der Waals surface area contributed by atoms with Gasteiger partial charge >= 0.3 is 0 Å². The topological polar surface area (TPSA) is 66.0 Å². The monoisotopic (exact) mass is 296 g/mol. The molecule has 0 aliphatic heterocycles. The summed E-state index contributed by atoms with van der Waals surface area (Å²) in [7, 11) is 0. The Kier molecular flexibility index (Phi) is 4.11. The minimum Gasteiger partial charge on any atom is -0.492 e. The Bertz CT molecular complexity index is 469.